The maximum atomic E-state index is 12.0. The van der Waals surface area contributed by atoms with Crippen molar-refractivity contribution in [3.8, 4) is 5.75 Å². The van der Waals surface area contributed by atoms with Gasteiger partial charge in [0, 0.05) is 24.2 Å². The molecule has 0 amide bonds. The number of nitrogens with zero attached hydrogens (tertiary/aromatic N) is 1. The van der Waals surface area contributed by atoms with E-state index in [0.717, 1.165) is 0 Å². The van der Waals surface area contributed by atoms with Crippen LogP contribution in [0.25, 0.3) is 0 Å². The van der Waals surface area contributed by atoms with Crippen LogP contribution in [0.1, 0.15) is 26.2 Å². The van der Waals surface area contributed by atoms with Crippen molar-refractivity contribution in [2.45, 2.75) is 38.4 Å². The summed E-state index contributed by atoms with van der Waals surface area (Å²) in [6.45, 7) is 1.73. The molecule has 8 heteroatoms. The van der Waals surface area contributed by atoms with Crippen LogP contribution in [0.2, 0.25) is 0 Å². The number of halogens is 3. The minimum atomic E-state index is -4.15. The van der Waals surface area contributed by atoms with Gasteiger partial charge in [-0.15, -0.1) is 0 Å². The number of nitrogens with one attached hydrogen (secondary N) is 1. The molecule has 0 aliphatic carbocycles. The smallest absolute Gasteiger partial charge is 0.389 e. The van der Waals surface area contributed by atoms with Crippen molar-refractivity contribution in [2.24, 2.45) is 0 Å². The van der Waals surface area contributed by atoms with Crippen molar-refractivity contribution in [3.05, 3.63) is 28.3 Å². The van der Waals surface area contributed by atoms with Crippen LogP contribution in [0.15, 0.2) is 18.2 Å². The van der Waals surface area contributed by atoms with Crippen LogP contribution in [0.3, 0.4) is 0 Å². The average molecular weight is 306 g/mol. The molecule has 0 heterocycles. The first kappa shape index (κ1) is 17.1. The van der Waals surface area contributed by atoms with Gasteiger partial charge in [-0.3, -0.25) is 10.1 Å². The molecule has 0 spiro atoms. The van der Waals surface area contributed by atoms with Gasteiger partial charge < -0.3 is 10.1 Å². The van der Waals surface area contributed by atoms with Gasteiger partial charge in [-0.1, -0.05) is 0 Å². The topological polar surface area (TPSA) is 64.4 Å². The fourth-order valence-corrected chi connectivity index (χ4v) is 1.89. The lowest BCUT2D eigenvalue weighted by Crippen LogP contribution is -2.16. The minimum Gasteiger partial charge on any atom is -0.490 e. The Bertz CT molecular complexity index is 492. The van der Waals surface area contributed by atoms with E-state index in [1.807, 2.05) is 0 Å². The van der Waals surface area contributed by atoms with Gasteiger partial charge in [-0.05, 0) is 31.9 Å². The van der Waals surface area contributed by atoms with Crippen LogP contribution in [-0.4, -0.2) is 24.3 Å². The number of hydrogen-bond acceptors (Lipinski definition) is 4. The number of hydrogen-bond donors (Lipinski definition) is 1. The third-order valence-electron chi connectivity index (χ3n) is 2.89. The van der Waals surface area contributed by atoms with Gasteiger partial charge in [0.15, 0.2) is 5.75 Å². The molecular formula is C13H17F3N2O3. The van der Waals surface area contributed by atoms with E-state index in [1.165, 1.54) is 19.2 Å². The number of benzene rings is 1. The molecular weight excluding hydrogens is 289 g/mol. The summed E-state index contributed by atoms with van der Waals surface area (Å²) >= 11 is 0. The molecule has 1 rings (SSSR count). The van der Waals surface area contributed by atoms with E-state index in [2.05, 4.69) is 5.32 Å². The van der Waals surface area contributed by atoms with E-state index in [0.29, 0.717) is 12.1 Å². The van der Waals surface area contributed by atoms with E-state index in [-0.39, 0.29) is 23.9 Å². The summed E-state index contributed by atoms with van der Waals surface area (Å²) in [6, 6.07) is 4.12. The summed E-state index contributed by atoms with van der Waals surface area (Å²) < 4.78 is 41.0. The summed E-state index contributed by atoms with van der Waals surface area (Å²) in [5.41, 5.74) is 0.284. The number of anilines is 1. The standard InChI is InChI=1S/C13H17F3N2O3/c1-9(4-3-7-13(14,15)16)17-10-5-6-12(21-2)11(8-10)18(19)20/h5-6,8-9,17H,3-4,7H2,1-2H3. The van der Waals surface area contributed by atoms with Crippen molar-refractivity contribution in [3.63, 3.8) is 0 Å². The highest BCUT2D eigenvalue weighted by atomic mass is 19.4. The summed E-state index contributed by atoms with van der Waals surface area (Å²) in [6.07, 6.45) is -4.66. The third kappa shape index (κ3) is 5.88. The molecule has 1 atom stereocenters. The van der Waals surface area contributed by atoms with Crippen molar-refractivity contribution in [2.75, 3.05) is 12.4 Å². The van der Waals surface area contributed by atoms with Gasteiger partial charge in [-0.2, -0.15) is 13.2 Å². The molecule has 1 unspecified atom stereocenters. The Kier molecular flexibility index (Phi) is 5.80. The van der Waals surface area contributed by atoms with Gasteiger partial charge in [-0.25, -0.2) is 0 Å². The third-order valence-corrected chi connectivity index (χ3v) is 2.89. The van der Waals surface area contributed by atoms with Gasteiger partial charge in [0.05, 0.1) is 12.0 Å². The molecule has 1 aromatic rings. The lowest BCUT2D eigenvalue weighted by Gasteiger charge is -2.16. The van der Waals surface area contributed by atoms with Crippen molar-refractivity contribution < 1.29 is 22.8 Å². The second-order valence-corrected chi connectivity index (χ2v) is 4.70. The lowest BCUT2D eigenvalue weighted by molar-refractivity contribution is -0.385. The summed E-state index contributed by atoms with van der Waals surface area (Å²) in [7, 11) is 1.33. The van der Waals surface area contributed by atoms with Crippen LogP contribution in [0, 0.1) is 10.1 Å². The molecule has 0 bridgehead atoms. The minimum absolute atomic E-state index is 0.00984. The molecule has 21 heavy (non-hydrogen) atoms. The normalized spacial score (nSPS) is 12.8. The Balaban J connectivity index is 2.62. The molecule has 0 saturated heterocycles. The summed E-state index contributed by atoms with van der Waals surface area (Å²) in [5.74, 6) is 0.135. The summed E-state index contributed by atoms with van der Waals surface area (Å²) in [4.78, 5) is 10.3. The zero-order valence-corrected chi connectivity index (χ0v) is 11.7. The highest BCUT2D eigenvalue weighted by molar-refractivity contribution is 5.58. The number of nitro benzene ring substituents is 1. The molecule has 0 saturated carbocycles. The van der Waals surface area contributed by atoms with E-state index in [1.54, 1.807) is 13.0 Å². The first-order valence-corrected chi connectivity index (χ1v) is 6.38. The van der Waals surface area contributed by atoms with Gasteiger partial charge in [0.1, 0.15) is 0 Å². The van der Waals surface area contributed by atoms with Crippen LogP contribution in [0.5, 0.6) is 5.75 Å². The Morgan fingerprint density at radius 1 is 1.43 bits per heavy atom. The largest absolute Gasteiger partial charge is 0.490 e. The number of methoxy groups -OCH3 is 1. The quantitative estimate of drug-likeness (QED) is 0.607. The highest BCUT2D eigenvalue weighted by Gasteiger charge is 2.26. The number of rotatable bonds is 7. The van der Waals surface area contributed by atoms with Crippen LogP contribution in [-0.2, 0) is 0 Å². The van der Waals surface area contributed by atoms with Crippen molar-refractivity contribution in [1.82, 2.24) is 0 Å². The molecule has 1 N–H and O–H groups in total. The van der Waals surface area contributed by atoms with Crippen LogP contribution < -0.4 is 10.1 Å². The Morgan fingerprint density at radius 2 is 2.10 bits per heavy atom. The zero-order valence-electron chi connectivity index (χ0n) is 11.7. The average Bonchev–Trinajstić information content (AvgIpc) is 2.37. The van der Waals surface area contributed by atoms with Gasteiger partial charge in [0.25, 0.3) is 0 Å². The number of alkyl halides is 3. The SMILES string of the molecule is COc1ccc(NC(C)CCCC(F)(F)F)cc1[N+](=O)[O-]. The van der Waals surface area contributed by atoms with E-state index < -0.39 is 17.5 Å². The predicted molar refractivity (Wildman–Crippen MR) is 72.6 cm³/mol. The highest BCUT2D eigenvalue weighted by Crippen LogP contribution is 2.30. The van der Waals surface area contributed by atoms with E-state index in [9.17, 15) is 23.3 Å². The predicted octanol–water partition coefficient (Wildman–Crippen LogP) is 4.14. The fourth-order valence-electron chi connectivity index (χ4n) is 1.89. The Hall–Kier alpha value is -1.99. The molecule has 0 radical (unpaired) electrons. The number of ether oxygens (including phenoxy) is 1. The molecule has 0 aliphatic heterocycles. The molecule has 5 nitrogen and oxygen atoms in total. The van der Waals surface area contributed by atoms with E-state index >= 15 is 0 Å². The van der Waals surface area contributed by atoms with Crippen molar-refractivity contribution in [1.29, 1.82) is 0 Å². The molecule has 0 aromatic heterocycles. The first-order valence-electron chi connectivity index (χ1n) is 6.38. The summed E-state index contributed by atoms with van der Waals surface area (Å²) in [5, 5.41) is 13.8. The second-order valence-electron chi connectivity index (χ2n) is 4.70. The first-order chi connectivity index (χ1) is 9.73. The molecule has 0 aliphatic rings. The zero-order chi connectivity index (χ0) is 16.0. The monoisotopic (exact) mass is 306 g/mol. The maximum absolute atomic E-state index is 12.0. The Labute approximate surface area is 120 Å². The molecule has 1 aromatic carbocycles. The Morgan fingerprint density at radius 3 is 2.62 bits per heavy atom. The van der Waals surface area contributed by atoms with Gasteiger partial charge >= 0.3 is 11.9 Å². The van der Waals surface area contributed by atoms with Gasteiger partial charge in [0.2, 0.25) is 0 Å². The van der Waals surface area contributed by atoms with Crippen molar-refractivity contribution >= 4 is 11.4 Å². The maximum Gasteiger partial charge on any atom is 0.389 e. The molecule has 0 fully saturated rings. The van der Waals surface area contributed by atoms with Crippen LogP contribution in [0.4, 0.5) is 24.5 Å². The van der Waals surface area contributed by atoms with Crippen LogP contribution >= 0.6 is 0 Å². The fraction of sp³-hybridized carbons (Fsp3) is 0.538. The lowest BCUT2D eigenvalue weighted by atomic mass is 10.1. The molecule has 118 valence electrons. The number of nitro groups is 1. The second kappa shape index (κ2) is 7.14. The van der Waals surface area contributed by atoms with E-state index in [4.69, 9.17) is 4.74 Å².